The van der Waals surface area contributed by atoms with Crippen LogP contribution in [0.3, 0.4) is 0 Å². The number of sulfonamides is 1. The van der Waals surface area contributed by atoms with Gasteiger partial charge in [-0.1, -0.05) is 11.6 Å². The fourth-order valence-electron chi connectivity index (χ4n) is 3.05. The third-order valence-corrected chi connectivity index (χ3v) is 6.88. The highest BCUT2D eigenvalue weighted by Crippen LogP contribution is 2.32. The number of aryl methyl sites for hydroxylation is 1. The van der Waals surface area contributed by atoms with Crippen molar-refractivity contribution in [3.8, 4) is 11.5 Å². The number of ether oxygens (including phenoxy) is 1. The van der Waals surface area contributed by atoms with Crippen LogP contribution in [0.4, 0.5) is 11.4 Å². The smallest absolute Gasteiger partial charge is 0.235 e. The Labute approximate surface area is 175 Å². The summed E-state index contributed by atoms with van der Waals surface area (Å²) in [7, 11) is -3.33. The second-order valence-corrected chi connectivity index (χ2v) is 9.27. The molecule has 7 nitrogen and oxygen atoms in total. The van der Waals surface area contributed by atoms with Crippen molar-refractivity contribution in [1.82, 2.24) is 0 Å². The third-order valence-electron chi connectivity index (χ3n) is 4.59. The van der Waals surface area contributed by atoms with E-state index >= 15 is 0 Å². The number of rotatable bonds is 7. The van der Waals surface area contributed by atoms with E-state index in [0.29, 0.717) is 42.5 Å². The molecule has 0 radical (unpaired) electrons. The maximum atomic E-state index is 12.2. The molecular weight excluding hydrogens is 416 g/mol. The van der Waals surface area contributed by atoms with Crippen molar-refractivity contribution in [2.45, 2.75) is 26.2 Å². The minimum absolute atomic E-state index is 0.0999. The van der Waals surface area contributed by atoms with Gasteiger partial charge < -0.3 is 15.2 Å². The maximum absolute atomic E-state index is 12.2. The van der Waals surface area contributed by atoms with Gasteiger partial charge in [0.15, 0.2) is 0 Å². The number of nitrogens with one attached hydrogen (secondary N) is 1. The summed E-state index contributed by atoms with van der Waals surface area (Å²) in [6.45, 7) is 2.63. The molecule has 1 aliphatic heterocycles. The number of hydrogen-bond acceptors (Lipinski definition) is 5. The van der Waals surface area contributed by atoms with Crippen LogP contribution in [0.15, 0.2) is 36.4 Å². The average molecular weight is 439 g/mol. The van der Waals surface area contributed by atoms with E-state index in [1.807, 2.05) is 13.0 Å². The van der Waals surface area contributed by atoms with Crippen molar-refractivity contribution in [2.24, 2.45) is 0 Å². The van der Waals surface area contributed by atoms with Gasteiger partial charge in [-0.05, 0) is 61.7 Å². The molecule has 1 amide bonds. The van der Waals surface area contributed by atoms with Gasteiger partial charge in [0.25, 0.3) is 0 Å². The van der Waals surface area contributed by atoms with Gasteiger partial charge in [0.1, 0.15) is 11.5 Å². The van der Waals surface area contributed by atoms with Crippen LogP contribution in [-0.4, -0.2) is 38.3 Å². The first-order valence-electron chi connectivity index (χ1n) is 9.28. The molecule has 0 spiro atoms. The van der Waals surface area contributed by atoms with E-state index in [1.165, 1.54) is 22.5 Å². The van der Waals surface area contributed by atoms with Crippen molar-refractivity contribution in [3.63, 3.8) is 0 Å². The fraction of sp³-hybridized carbons (Fsp3) is 0.350. The third kappa shape index (κ3) is 5.33. The van der Waals surface area contributed by atoms with Crippen molar-refractivity contribution in [3.05, 3.63) is 47.0 Å². The van der Waals surface area contributed by atoms with Crippen LogP contribution in [0.25, 0.3) is 0 Å². The van der Waals surface area contributed by atoms with Crippen molar-refractivity contribution < 1.29 is 23.1 Å². The summed E-state index contributed by atoms with van der Waals surface area (Å²) in [4.78, 5) is 12.2. The Morgan fingerprint density at radius 2 is 2.07 bits per heavy atom. The number of halogens is 1. The zero-order chi connectivity index (χ0) is 21.0. The van der Waals surface area contributed by atoms with Crippen LogP contribution in [0.5, 0.6) is 11.5 Å². The molecule has 1 heterocycles. The Morgan fingerprint density at radius 1 is 1.28 bits per heavy atom. The van der Waals surface area contributed by atoms with Crippen LogP contribution in [0.1, 0.15) is 24.8 Å². The van der Waals surface area contributed by atoms with Crippen molar-refractivity contribution in [1.29, 1.82) is 0 Å². The predicted molar refractivity (Wildman–Crippen MR) is 113 cm³/mol. The fourth-order valence-corrected chi connectivity index (χ4v) is 4.73. The molecule has 0 unspecified atom stereocenters. The number of anilines is 2. The minimum atomic E-state index is -3.33. The Kier molecular flexibility index (Phi) is 6.54. The van der Waals surface area contributed by atoms with Crippen LogP contribution in [0.2, 0.25) is 5.02 Å². The molecule has 0 aromatic heterocycles. The summed E-state index contributed by atoms with van der Waals surface area (Å²) in [5.74, 6) is 0.372. The lowest BCUT2D eigenvalue weighted by atomic mass is 10.2. The molecular formula is C20H23ClN2O5S. The number of amides is 1. The Bertz CT molecular complexity index is 1010. The van der Waals surface area contributed by atoms with Gasteiger partial charge in [0, 0.05) is 18.0 Å². The highest BCUT2D eigenvalue weighted by molar-refractivity contribution is 7.93. The van der Waals surface area contributed by atoms with Gasteiger partial charge in [-0.2, -0.15) is 0 Å². The molecule has 2 aromatic carbocycles. The summed E-state index contributed by atoms with van der Waals surface area (Å²) in [5, 5.41) is 13.3. The van der Waals surface area contributed by atoms with E-state index in [-0.39, 0.29) is 29.5 Å². The van der Waals surface area contributed by atoms with E-state index in [9.17, 15) is 18.3 Å². The largest absolute Gasteiger partial charge is 0.506 e. The van der Waals surface area contributed by atoms with E-state index in [2.05, 4.69) is 5.32 Å². The number of hydrogen-bond donors (Lipinski definition) is 2. The molecule has 3 rings (SSSR count). The van der Waals surface area contributed by atoms with E-state index in [1.54, 1.807) is 12.1 Å². The van der Waals surface area contributed by atoms with Gasteiger partial charge in [-0.15, -0.1) is 0 Å². The molecule has 0 atom stereocenters. The maximum Gasteiger partial charge on any atom is 0.235 e. The lowest BCUT2D eigenvalue weighted by molar-refractivity contribution is -0.116. The standard InChI is InChI=1S/C20H23ClN2O5S/c1-14-12-16(6-7-17(14)21)28-10-2-4-20(25)22-18-13-15(5-8-19(18)24)23-9-3-11-29(23,26)27/h5-8,12-13,24H,2-4,9-11H2,1H3,(H,22,25). The second kappa shape index (κ2) is 8.92. The van der Waals surface area contributed by atoms with Gasteiger partial charge in [-0.3, -0.25) is 9.10 Å². The quantitative estimate of drug-likeness (QED) is 0.507. The summed E-state index contributed by atoms with van der Waals surface area (Å²) >= 11 is 5.98. The number of carbonyl (C=O) groups excluding carboxylic acids is 1. The van der Waals surface area contributed by atoms with Crippen LogP contribution in [-0.2, 0) is 14.8 Å². The number of phenols is 1. The summed E-state index contributed by atoms with van der Waals surface area (Å²) < 4.78 is 31.0. The molecule has 1 aliphatic rings. The molecule has 0 saturated carbocycles. The highest BCUT2D eigenvalue weighted by Gasteiger charge is 2.28. The number of benzene rings is 2. The molecule has 2 aromatic rings. The first-order chi connectivity index (χ1) is 13.8. The zero-order valence-corrected chi connectivity index (χ0v) is 17.6. The monoisotopic (exact) mass is 438 g/mol. The topological polar surface area (TPSA) is 95.9 Å². The molecule has 1 saturated heterocycles. The van der Waals surface area contributed by atoms with Crippen LogP contribution >= 0.6 is 11.6 Å². The van der Waals surface area contributed by atoms with Crippen LogP contribution in [0, 0.1) is 6.92 Å². The number of phenolic OH excluding ortho intramolecular Hbond substituents is 1. The first kappa shape index (κ1) is 21.3. The zero-order valence-electron chi connectivity index (χ0n) is 16.0. The summed E-state index contributed by atoms with van der Waals surface area (Å²) in [6, 6.07) is 9.74. The SMILES string of the molecule is Cc1cc(OCCCC(=O)Nc2cc(N3CCCS3(=O)=O)ccc2O)ccc1Cl. The number of aromatic hydroxyl groups is 1. The summed E-state index contributed by atoms with van der Waals surface area (Å²) in [6.07, 6.45) is 1.23. The first-order valence-corrected chi connectivity index (χ1v) is 11.3. The van der Waals surface area contributed by atoms with E-state index < -0.39 is 10.0 Å². The van der Waals surface area contributed by atoms with E-state index in [4.69, 9.17) is 16.3 Å². The number of carbonyl (C=O) groups is 1. The van der Waals surface area contributed by atoms with Crippen LogP contribution < -0.4 is 14.4 Å². The molecule has 1 fully saturated rings. The minimum Gasteiger partial charge on any atom is -0.506 e. The molecule has 9 heteroatoms. The Morgan fingerprint density at radius 3 is 2.76 bits per heavy atom. The number of nitrogens with zero attached hydrogens (tertiary/aromatic N) is 1. The average Bonchev–Trinajstić information content (AvgIpc) is 3.02. The normalized spacial score (nSPS) is 15.3. The van der Waals surface area contributed by atoms with E-state index in [0.717, 1.165) is 5.56 Å². The second-order valence-electron chi connectivity index (χ2n) is 6.85. The highest BCUT2D eigenvalue weighted by atomic mass is 35.5. The lowest BCUT2D eigenvalue weighted by Gasteiger charge is -2.18. The lowest BCUT2D eigenvalue weighted by Crippen LogP contribution is -2.25. The van der Waals surface area contributed by atoms with Gasteiger partial charge in [0.2, 0.25) is 15.9 Å². The van der Waals surface area contributed by atoms with Gasteiger partial charge in [-0.25, -0.2) is 8.42 Å². The molecule has 0 aliphatic carbocycles. The van der Waals surface area contributed by atoms with Crippen molar-refractivity contribution in [2.75, 3.05) is 28.5 Å². The Hall–Kier alpha value is -2.45. The molecule has 0 bridgehead atoms. The molecule has 2 N–H and O–H groups in total. The Balaban J connectivity index is 1.53. The van der Waals surface area contributed by atoms with Gasteiger partial charge in [0.05, 0.1) is 23.7 Å². The van der Waals surface area contributed by atoms with Gasteiger partial charge >= 0.3 is 0 Å². The molecule has 29 heavy (non-hydrogen) atoms. The van der Waals surface area contributed by atoms with Crippen molar-refractivity contribution >= 4 is 38.9 Å². The summed E-state index contributed by atoms with van der Waals surface area (Å²) in [5.41, 5.74) is 1.53. The molecule has 156 valence electrons. The predicted octanol–water partition coefficient (Wildman–Crippen LogP) is 3.69.